The van der Waals surface area contributed by atoms with Crippen molar-refractivity contribution in [3.63, 3.8) is 0 Å². The molecule has 1 aromatic rings. The Bertz CT molecular complexity index is 357. The third kappa shape index (κ3) is 3.54. The fourth-order valence-electron chi connectivity index (χ4n) is 2.19. The second kappa shape index (κ2) is 5.65. The number of phenolic OH excluding ortho intramolecular Hbond substituents is 2. The van der Waals surface area contributed by atoms with E-state index in [-0.39, 0.29) is 17.5 Å². The van der Waals surface area contributed by atoms with Crippen molar-refractivity contribution >= 4 is 11.8 Å². The number of phenols is 2. The van der Waals surface area contributed by atoms with Gasteiger partial charge < -0.3 is 15.5 Å². The lowest BCUT2D eigenvalue weighted by atomic mass is 10.1. The second-order valence-electron chi connectivity index (χ2n) is 4.59. The van der Waals surface area contributed by atoms with Crippen molar-refractivity contribution in [2.45, 2.75) is 31.8 Å². The van der Waals surface area contributed by atoms with Gasteiger partial charge in [-0.25, -0.2) is 0 Å². The fraction of sp³-hybridized carbons (Fsp3) is 0.538. The van der Waals surface area contributed by atoms with E-state index in [1.54, 1.807) is 12.1 Å². The van der Waals surface area contributed by atoms with Gasteiger partial charge in [0.1, 0.15) is 11.5 Å². The lowest BCUT2D eigenvalue weighted by Crippen LogP contribution is -2.35. The van der Waals surface area contributed by atoms with Gasteiger partial charge in [-0.2, -0.15) is 11.8 Å². The number of nitrogens with one attached hydrogen (secondary N) is 1. The van der Waals surface area contributed by atoms with Gasteiger partial charge in [-0.3, -0.25) is 0 Å². The summed E-state index contributed by atoms with van der Waals surface area (Å²) in [4.78, 5) is 0. The summed E-state index contributed by atoms with van der Waals surface area (Å²) in [7, 11) is 0. The monoisotopic (exact) mass is 253 g/mol. The molecule has 1 saturated heterocycles. The highest BCUT2D eigenvalue weighted by Crippen LogP contribution is 2.26. The van der Waals surface area contributed by atoms with Gasteiger partial charge in [0.05, 0.1) is 0 Å². The molecule has 1 fully saturated rings. The van der Waals surface area contributed by atoms with E-state index >= 15 is 0 Å². The fourth-order valence-corrected chi connectivity index (χ4v) is 3.27. The predicted molar refractivity (Wildman–Crippen MR) is 71.7 cm³/mol. The van der Waals surface area contributed by atoms with Gasteiger partial charge in [-0.1, -0.05) is 0 Å². The van der Waals surface area contributed by atoms with Crippen LogP contribution in [0.4, 0.5) is 0 Å². The van der Waals surface area contributed by atoms with Crippen LogP contribution in [0.5, 0.6) is 11.5 Å². The number of rotatable bonds is 3. The molecular weight excluding hydrogens is 234 g/mol. The van der Waals surface area contributed by atoms with Gasteiger partial charge in [0.25, 0.3) is 0 Å². The van der Waals surface area contributed by atoms with Crippen LogP contribution in [0.3, 0.4) is 0 Å². The van der Waals surface area contributed by atoms with Gasteiger partial charge in [0.15, 0.2) is 0 Å². The van der Waals surface area contributed by atoms with Crippen molar-refractivity contribution in [3.8, 4) is 11.5 Å². The quantitative estimate of drug-likeness (QED) is 0.775. The van der Waals surface area contributed by atoms with Crippen molar-refractivity contribution in [1.29, 1.82) is 0 Å². The topological polar surface area (TPSA) is 52.5 Å². The Labute approximate surface area is 106 Å². The maximum absolute atomic E-state index is 9.46. The standard InChI is InChI=1S/C13H19NO2S/c1-9(14-11-3-2-4-17-8-11)10-5-12(15)7-13(16)6-10/h5-7,9,11,14-16H,2-4,8H2,1H3. The first-order valence-corrected chi connectivity index (χ1v) is 7.17. The average molecular weight is 253 g/mol. The molecule has 1 aliphatic heterocycles. The minimum absolute atomic E-state index is 0.117. The smallest absolute Gasteiger partial charge is 0.119 e. The highest BCUT2D eigenvalue weighted by Gasteiger charge is 2.17. The van der Waals surface area contributed by atoms with Crippen molar-refractivity contribution in [2.24, 2.45) is 0 Å². The van der Waals surface area contributed by atoms with E-state index in [2.05, 4.69) is 12.2 Å². The average Bonchev–Trinajstić information content (AvgIpc) is 2.29. The molecule has 3 nitrogen and oxygen atoms in total. The van der Waals surface area contributed by atoms with Crippen LogP contribution in [0.1, 0.15) is 31.4 Å². The molecule has 17 heavy (non-hydrogen) atoms. The van der Waals surface area contributed by atoms with Gasteiger partial charge in [-0.15, -0.1) is 0 Å². The van der Waals surface area contributed by atoms with E-state index in [9.17, 15) is 10.2 Å². The van der Waals surface area contributed by atoms with E-state index in [1.807, 2.05) is 11.8 Å². The van der Waals surface area contributed by atoms with Crippen LogP contribution in [-0.2, 0) is 0 Å². The van der Waals surface area contributed by atoms with E-state index in [0.717, 1.165) is 11.3 Å². The first kappa shape index (κ1) is 12.6. The Kier molecular flexibility index (Phi) is 4.18. The van der Waals surface area contributed by atoms with Crippen LogP contribution in [-0.4, -0.2) is 27.8 Å². The molecule has 0 saturated carbocycles. The highest BCUT2D eigenvalue weighted by atomic mass is 32.2. The molecule has 3 N–H and O–H groups in total. The van der Waals surface area contributed by atoms with Crippen molar-refractivity contribution in [2.75, 3.05) is 11.5 Å². The van der Waals surface area contributed by atoms with Crippen molar-refractivity contribution < 1.29 is 10.2 Å². The lowest BCUT2D eigenvalue weighted by Gasteiger charge is -2.26. The molecule has 1 aliphatic rings. The lowest BCUT2D eigenvalue weighted by molar-refractivity contribution is 0.433. The Balaban J connectivity index is 2.00. The SMILES string of the molecule is CC(NC1CCCSC1)c1cc(O)cc(O)c1. The Morgan fingerprint density at radius 3 is 2.59 bits per heavy atom. The van der Waals surface area contributed by atoms with Crippen molar-refractivity contribution in [3.05, 3.63) is 23.8 Å². The summed E-state index contributed by atoms with van der Waals surface area (Å²) in [6.07, 6.45) is 2.47. The normalized spacial score (nSPS) is 22.3. The predicted octanol–water partition coefficient (Wildman–Crippen LogP) is 2.64. The first-order valence-electron chi connectivity index (χ1n) is 6.02. The minimum Gasteiger partial charge on any atom is -0.508 e. The zero-order valence-corrected chi connectivity index (χ0v) is 10.8. The summed E-state index contributed by atoms with van der Waals surface area (Å²) in [6, 6.07) is 5.44. The molecule has 2 rings (SSSR count). The third-order valence-electron chi connectivity index (χ3n) is 3.07. The van der Waals surface area contributed by atoms with E-state index < -0.39 is 0 Å². The molecule has 0 spiro atoms. The minimum atomic E-state index is 0.117. The van der Waals surface area contributed by atoms with Crippen LogP contribution >= 0.6 is 11.8 Å². The first-order chi connectivity index (χ1) is 8.15. The molecule has 0 radical (unpaired) electrons. The summed E-state index contributed by atoms with van der Waals surface area (Å²) in [6.45, 7) is 2.06. The third-order valence-corrected chi connectivity index (χ3v) is 4.29. The maximum Gasteiger partial charge on any atom is 0.119 e. The molecular formula is C13H19NO2S. The second-order valence-corrected chi connectivity index (χ2v) is 5.73. The van der Waals surface area contributed by atoms with Crippen LogP contribution in [0.15, 0.2) is 18.2 Å². The van der Waals surface area contributed by atoms with E-state index in [0.29, 0.717) is 6.04 Å². The molecule has 1 heterocycles. The van der Waals surface area contributed by atoms with E-state index in [4.69, 9.17) is 0 Å². The van der Waals surface area contributed by atoms with Gasteiger partial charge in [0, 0.05) is 23.9 Å². The van der Waals surface area contributed by atoms with Gasteiger partial charge in [0.2, 0.25) is 0 Å². The van der Waals surface area contributed by atoms with Crippen LogP contribution < -0.4 is 5.32 Å². The number of aromatic hydroxyl groups is 2. The van der Waals surface area contributed by atoms with Crippen LogP contribution in [0, 0.1) is 0 Å². The zero-order chi connectivity index (χ0) is 12.3. The van der Waals surface area contributed by atoms with E-state index in [1.165, 1.54) is 24.7 Å². The summed E-state index contributed by atoms with van der Waals surface area (Å²) in [5, 5.41) is 22.5. The van der Waals surface area contributed by atoms with Crippen molar-refractivity contribution in [1.82, 2.24) is 5.32 Å². The Morgan fingerprint density at radius 1 is 1.29 bits per heavy atom. The summed E-state index contributed by atoms with van der Waals surface area (Å²) < 4.78 is 0. The summed E-state index contributed by atoms with van der Waals surface area (Å²) >= 11 is 1.99. The summed E-state index contributed by atoms with van der Waals surface area (Å²) in [5.74, 6) is 2.65. The van der Waals surface area contributed by atoms with Crippen LogP contribution in [0.25, 0.3) is 0 Å². The van der Waals surface area contributed by atoms with Gasteiger partial charge in [-0.05, 0) is 43.2 Å². The number of benzene rings is 1. The molecule has 2 atom stereocenters. The molecule has 2 unspecified atom stereocenters. The zero-order valence-electron chi connectivity index (χ0n) is 10.0. The Hall–Kier alpha value is -0.870. The van der Waals surface area contributed by atoms with Gasteiger partial charge >= 0.3 is 0 Å². The number of hydrogen-bond acceptors (Lipinski definition) is 4. The summed E-state index contributed by atoms with van der Waals surface area (Å²) in [5.41, 5.74) is 0.929. The van der Waals surface area contributed by atoms with Crippen LogP contribution in [0.2, 0.25) is 0 Å². The molecule has 94 valence electrons. The Morgan fingerprint density at radius 2 is 2.00 bits per heavy atom. The molecule has 0 amide bonds. The number of hydrogen-bond donors (Lipinski definition) is 3. The molecule has 0 aliphatic carbocycles. The molecule has 0 bridgehead atoms. The number of thioether (sulfide) groups is 1. The molecule has 4 heteroatoms. The molecule has 1 aromatic carbocycles. The highest BCUT2D eigenvalue weighted by molar-refractivity contribution is 7.99. The largest absolute Gasteiger partial charge is 0.508 e. The maximum atomic E-state index is 9.46. The molecule has 0 aromatic heterocycles.